The number of nitrogens with zero attached hydrogens (tertiary/aromatic N) is 3. The second kappa shape index (κ2) is 22.6. The molecule has 0 radical (unpaired) electrons. The Morgan fingerprint density at radius 1 is 0.974 bits per heavy atom. The highest BCUT2D eigenvalue weighted by Gasteiger charge is 2.14. The summed E-state index contributed by atoms with van der Waals surface area (Å²) in [5.41, 5.74) is 10.1. The van der Waals surface area contributed by atoms with Crippen LogP contribution in [0.3, 0.4) is 0 Å². The van der Waals surface area contributed by atoms with Crippen molar-refractivity contribution >= 4 is 11.8 Å². The zero-order chi connectivity index (χ0) is 28.8. The second-order valence-corrected chi connectivity index (χ2v) is 10.8. The molecule has 0 saturated heterocycles. The third-order valence-corrected chi connectivity index (χ3v) is 6.17. The molecule has 2 N–H and O–H groups in total. The highest BCUT2D eigenvalue weighted by atomic mass is 32.2. The van der Waals surface area contributed by atoms with Gasteiger partial charge in [-0.05, 0) is 69.3 Å². The highest BCUT2D eigenvalue weighted by Crippen LogP contribution is 2.26. The van der Waals surface area contributed by atoms with Crippen molar-refractivity contribution in [2.24, 2.45) is 11.7 Å². The van der Waals surface area contributed by atoms with Gasteiger partial charge in [0.25, 0.3) is 0 Å². The van der Waals surface area contributed by atoms with Crippen molar-refractivity contribution in [1.29, 1.82) is 0 Å². The molecule has 38 heavy (non-hydrogen) atoms. The molecule has 3 rings (SSSR count). The lowest BCUT2D eigenvalue weighted by Crippen LogP contribution is -2.03. The van der Waals surface area contributed by atoms with Gasteiger partial charge in [-0.25, -0.2) is 0 Å². The summed E-state index contributed by atoms with van der Waals surface area (Å²) in [6.07, 6.45) is 7.09. The van der Waals surface area contributed by atoms with Gasteiger partial charge < -0.3 is 5.73 Å². The van der Waals surface area contributed by atoms with Crippen molar-refractivity contribution in [1.82, 2.24) is 14.8 Å². The first-order valence-corrected chi connectivity index (χ1v) is 15.3. The van der Waals surface area contributed by atoms with Gasteiger partial charge in [-0.2, -0.15) is 0 Å². The van der Waals surface area contributed by atoms with Gasteiger partial charge in [0.2, 0.25) is 0 Å². The summed E-state index contributed by atoms with van der Waals surface area (Å²) in [5, 5.41) is 10.0. The molecular weight excluding hydrogens is 484 g/mol. The largest absolute Gasteiger partial charge is 0.330 e. The molecule has 0 unspecified atom stereocenters. The number of aryl methyl sites for hydroxylation is 2. The first-order chi connectivity index (χ1) is 18.3. The SMILES string of the molecule is C=C(C)C.CC.CC(C)CCN.CCCCCCc1nnc(SCc2ccccc2)n1-c1cccc(C)c1. The van der Waals surface area contributed by atoms with Crippen LogP contribution in [-0.4, -0.2) is 21.3 Å². The minimum absolute atomic E-state index is 0.773. The number of allylic oxidation sites excluding steroid dienone is 1. The third kappa shape index (κ3) is 16.5. The molecule has 0 amide bonds. The third-order valence-electron chi connectivity index (χ3n) is 5.17. The number of thioether (sulfide) groups is 1. The lowest BCUT2D eigenvalue weighted by molar-refractivity contribution is 0.596. The van der Waals surface area contributed by atoms with Crippen molar-refractivity contribution < 1.29 is 0 Å². The van der Waals surface area contributed by atoms with Crippen LogP contribution in [0.2, 0.25) is 0 Å². The fourth-order valence-corrected chi connectivity index (χ4v) is 4.27. The zero-order valence-electron chi connectivity index (χ0n) is 25.5. The van der Waals surface area contributed by atoms with E-state index >= 15 is 0 Å². The normalized spacial score (nSPS) is 9.95. The predicted octanol–water partition coefficient (Wildman–Crippen LogP) is 9.59. The van der Waals surface area contributed by atoms with Crippen LogP contribution in [0.1, 0.15) is 97.5 Å². The molecule has 2 aromatic carbocycles. The van der Waals surface area contributed by atoms with Crippen molar-refractivity contribution in [3.63, 3.8) is 0 Å². The molecular formula is C33H54N4S. The van der Waals surface area contributed by atoms with Crippen molar-refractivity contribution in [2.45, 2.75) is 105 Å². The number of aromatic nitrogens is 3. The number of hydrogen-bond donors (Lipinski definition) is 1. The van der Waals surface area contributed by atoms with E-state index in [9.17, 15) is 0 Å². The molecule has 0 aliphatic heterocycles. The van der Waals surface area contributed by atoms with Gasteiger partial charge in [0.1, 0.15) is 5.82 Å². The molecule has 3 aromatic rings. The Kier molecular flexibility index (Phi) is 21.2. The molecule has 212 valence electrons. The van der Waals surface area contributed by atoms with Crippen molar-refractivity contribution in [3.8, 4) is 5.69 Å². The minimum Gasteiger partial charge on any atom is -0.330 e. The minimum atomic E-state index is 0.773. The van der Waals surface area contributed by atoms with Gasteiger partial charge >= 0.3 is 0 Å². The number of hydrogen-bond acceptors (Lipinski definition) is 4. The van der Waals surface area contributed by atoms with E-state index in [1.807, 2.05) is 27.7 Å². The van der Waals surface area contributed by atoms with E-state index in [0.717, 1.165) is 47.7 Å². The molecule has 0 spiro atoms. The summed E-state index contributed by atoms with van der Waals surface area (Å²) in [7, 11) is 0. The number of nitrogens with two attached hydrogens (primary N) is 1. The number of rotatable bonds is 11. The van der Waals surface area contributed by atoms with Crippen LogP contribution < -0.4 is 5.73 Å². The monoisotopic (exact) mass is 538 g/mol. The average Bonchev–Trinajstić information content (AvgIpc) is 3.30. The molecule has 0 saturated carbocycles. The standard InChI is InChI=1S/C22H27N3S.C5H13N.C4H8.C2H6/c1-3-4-5-9-15-21-23-24-22(26-17-19-12-7-6-8-13-19)25(21)20-14-10-11-18(2)16-20;1-5(2)3-4-6;1-4(2)3;1-2/h6-8,10-14,16H,3-5,9,15,17H2,1-2H3;5H,3-4,6H2,1-2H3;1H2,2-3H3;1-2H3. The van der Waals surface area contributed by atoms with E-state index in [1.54, 1.807) is 11.8 Å². The molecule has 0 aliphatic rings. The molecule has 0 bridgehead atoms. The molecule has 4 nitrogen and oxygen atoms in total. The van der Waals surface area contributed by atoms with Crippen LogP contribution in [0.5, 0.6) is 0 Å². The summed E-state index contributed by atoms with van der Waals surface area (Å²) >= 11 is 1.75. The maximum absolute atomic E-state index is 5.23. The quantitative estimate of drug-likeness (QED) is 0.150. The van der Waals surface area contributed by atoms with Crippen LogP contribution in [0.15, 0.2) is 71.9 Å². The van der Waals surface area contributed by atoms with E-state index < -0.39 is 0 Å². The first-order valence-electron chi connectivity index (χ1n) is 14.3. The Labute approximate surface area is 238 Å². The Morgan fingerprint density at radius 3 is 2.16 bits per heavy atom. The van der Waals surface area contributed by atoms with Gasteiger partial charge in [-0.15, -0.1) is 16.8 Å². The van der Waals surface area contributed by atoms with E-state index in [-0.39, 0.29) is 0 Å². The Balaban J connectivity index is 0.000000964. The van der Waals surface area contributed by atoms with Crippen molar-refractivity contribution in [3.05, 3.63) is 83.7 Å². The second-order valence-electron chi connectivity index (χ2n) is 9.84. The Hall–Kier alpha value is -2.37. The molecule has 1 heterocycles. The maximum atomic E-state index is 5.23. The van der Waals surface area contributed by atoms with Gasteiger partial charge in [0.15, 0.2) is 5.16 Å². The van der Waals surface area contributed by atoms with Gasteiger partial charge in [0.05, 0.1) is 0 Å². The van der Waals surface area contributed by atoms with Gasteiger partial charge in [-0.3, -0.25) is 4.57 Å². The van der Waals surface area contributed by atoms with E-state index in [0.29, 0.717) is 0 Å². The van der Waals surface area contributed by atoms with Gasteiger partial charge in [0, 0.05) is 17.9 Å². The van der Waals surface area contributed by atoms with Crippen LogP contribution in [0, 0.1) is 12.8 Å². The topological polar surface area (TPSA) is 56.7 Å². The van der Waals surface area contributed by atoms with Crippen molar-refractivity contribution in [2.75, 3.05) is 6.54 Å². The van der Waals surface area contributed by atoms with Crippen LogP contribution in [0.25, 0.3) is 5.69 Å². The van der Waals surface area contributed by atoms with Crippen LogP contribution in [0.4, 0.5) is 0 Å². The zero-order valence-corrected chi connectivity index (χ0v) is 26.3. The van der Waals surface area contributed by atoms with Gasteiger partial charge in [-0.1, -0.05) is 114 Å². The fourth-order valence-electron chi connectivity index (χ4n) is 3.35. The summed E-state index contributed by atoms with van der Waals surface area (Å²) in [6, 6.07) is 19.1. The lowest BCUT2D eigenvalue weighted by Gasteiger charge is -2.11. The summed E-state index contributed by atoms with van der Waals surface area (Å²) < 4.78 is 2.24. The molecule has 0 aliphatic carbocycles. The van der Waals surface area contributed by atoms with E-state index in [2.05, 4.69) is 104 Å². The molecule has 5 heteroatoms. The highest BCUT2D eigenvalue weighted by molar-refractivity contribution is 7.98. The molecule has 1 aromatic heterocycles. The lowest BCUT2D eigenvalue weighted by atomic mass is 10.1. The fraction of sp³-hybridized carbons (Fsp3) is 0.515. The predicted molar refractivity (Wildman–Crippen MR) is 170 cm³/mol. The average molecular weight is 539 g/mol. The Morgan fingerprint density at radius 2 is 1.63 bits per heavy atom. The van der Waals surface area contributed by atoms with E-state index in [1.165, 1.54) is 42.4 Å². The van der Waals surface area contributed by atoms with Crippen LogP contribution >= 0.6 is 11.8 Å². The molecule has 0 fully saturated rings. The number of unbranched alkanes of at least 4 members (excludes halogenated alkanes) is 3. The molecule has 0 atom stereocenters. The summed E-state index contributed by atoms with van der Waals surface area (Å²) in [5.74, 6) is 2.75. The number of benzene rings is 2. The Bertz CT molecular complexity index is 976. The van der Waals surface area contributed by atoms with Crippen LogP contribution in [-0.2, 0) is 12.2 Å². The first kappa shape index (κ1) is 35.6. The summed E-state index contributed by atoms with van der Waals surface area (Å²) in [4.78, 5) is 0. The summed E-state index contributed by atoms with van der Waals surface area (Å²) in [6.45, 7) is 21.1. The smallest absolute Gasteiger partial charge is 0.196 e. The maximum Gasteiger partial charge on any atom is 0.196 e. The van der Waals surface area contributed by atoms with E-state index in [4.69, 9.17) is 5.73 Å².